The molecule has 4 N–H and O–H groups in total. The van der Waals surface area contributed by atoms with E-state index in [0.29, 0.717) is 5.56 Å². The molecule has 0 saturated carbocycles. The molecule has 0 saturated heterocycles. The largest absolute Gasteiger partial charge is 0.370 e. The van der Waals surface area contributed by atoms with Crippen molar-refractivity contribution in [2.45, 2.75) is 13.5 Å². The molecule has 0 aliphatic carbocycles. The minimum Gasteiger partial charge on any atom is -0.370 e. The summed E-state index contributed by atoms with van der Waals surface area (Å²) in [6.45, 7) is 2.00. The number of hydrogen-bond acceptors (Lipinski definition) is 2. The molecule has 0 aliphatic heterocycles. The minimum absolute atomic E-state index is 0.0136. The van der Waals surface area contributed by atoms with E-state index in [-0.39, 0.29) is 12.5 Å². The molecule has 6 heteroatoms. The predicted octanol–water partition coefficient (Wildman–Crippen LogP) is 2.80. The molecule has 0 unspecified atom stereocenters. The summed E-state index contributed by atoms with van der Waals surface area (Å²) in [6.07, 6.45) is 0. The number of nitrogens with two attached hydrogens (primary N) is 2. The SMILES string of the molecule is Cc1cccc(-c2ccc(-c3cccc(C#N)c3)n2CC(=O)N=C(N)N)c1. The van der Waals surface area contributed by atoms with Crippen LogP contribution in [0.3, 0.4) is 0 Å². The van der Waals surface area contributed by atoms with Crippen molar-refractivity contribution in [1.29, 1.82) is 5.26 Å². The van der Waals surface area contributed by atoms with Gasteiger partial charge in [0.2, 0.25) is 0 Å². The Balaban J connectivity index is 2.15. The highest BCUT2D eigenvalue weighted by Crippen LogP contribution is 2.30. The number of aliphatic imine (C=N–C) groups is 1. The van der Waals surface area contributed by atoms with Crippen molar-refractivity contribution >= 4 is 11.9 Å². The van der Waals surface area contributed by atoms with Gasteiger partial charge in [0.1, 0.15) is 6.54 Å². The van der Waals surface area contributed by atoms with Gasteiger partial charge in [0.25, 0.3) is 5.91 Å². The zero-order valence-electron chi connectivity index (χ0n) is 14.9. The molecule has 3 aromatic rings. The summed E-state index contributed by atoms with van der Waals surface area (Å²) in [5.74, 6) is -0.713. The van der Waals surface area contributed by atoms with Gasteiger partial charge in [-0.25, -0.2) is 0 Å². The van der Waals surface area contributed by atoms with Crippen LogP contribution in [-0.2, 0) is 11.3 Å². The number of benzene rings is 2. The third-order valence-electron chi connectivity index (χ3n) is 4.13. The summed E-state index contributed by atoms with van der Waals surface area (Å²) < 4.78 is 1.86. The first kappa shape index (κ1) is 18.0. The molecule has 0 bridgehead atoms. The first-order chi connectivity index (χ1) is 13.0. The monoisotopic (exact) mass is 357 g/mol. The van der Waals surface area contributed by atoms with Gasteiger partial charge < -0.3 is 16.0 Å². The number of nitriles is 1. The van der Waals surface area contributed by atoms with Crippen LogP contribution in [-0.4, -0.2) is 16.4 Å². The maximum absolute atomic E-state index is 12.3. The molecule has 2 aromatic carbocycles. The summed E-state index contributed by atoms with van der Waals surface area (Å²) >= 11 is 0. The fraction of sp³-hybridized carbons (Fsp3) is 0.0952. The quantitative estimate of drug-likeness (QED) is 0.552. The molecular formula is C21H19N5O. The number of aromatic nitrogens is 1. The molecule has 3 rings (SSSR count). The molecule has 134 valence electrons. The van der Waals surface area contributed by atoms with Crippen molar-refractivity contribution in [3.63, 3.8) is 0 Å². The zero-order valence-corrected chi connectivity index (χ0v) is 14.9. The molecule has 1 heterocycles. The first-order valence-electron chi connectivity index (χ1n) is 8.37. The van der Waals surface area contributed by atoms with Crippen LogP contribution in [0, 0.1) is 18.3 Å². The zero-order chi connectivity index (χ0) is 19.4. The molecule has 0 atom stereocenters. The van der Waals surface area contributed by atoms with Crippen LogP contribution in [0.2, 0.25) is 0 Å². The van der Waals surface area contributed by atoms with Crippen molar-refractivity contribution in [1.82, 2.24) is 4.57 Å². The van der Waals surface area contributed by atoms with Gasteiger partial charge in [-0.3, -0.25) is 4.79 Å². The molecule has 0 spiro atoms. The van der Waals surface area contributed by atoms with E-state index >= 15 is 0 Å². The highest BCUT2D eigenvalue weighted by atomic mass is 16.1. The van der Waals surface area contributed by atoms with Crippen LogP contribution in [0.1, 0.15) is 11.1 Å². The number of nitrogens with zero attached hydrogens (tertiary/aromatic N) is 3. The second kappa shape index (κ2) is 7.58. The van der Waals surface area contributed by atoms with Crippen molar-refractivity contribution in [3.05, 3.63) is 71.8 Å². The summed E-state index contributed by atoms with van der Waals surface area (Å²) in [5.41, 5.74) is 15.8. The van der Waals surface area contributed by atoms with Gasteiger partial charge in [0.05, 0.1) is 11.6 Å². The molecule has 0 aliphatic rings. The Kier molecular flexibility index (Phi) is 5.04. The van der Waals surface area contributed by atoms with E-state index in [1.807, 2.05) is 60.0 Å². The third kappa shape index (κ3) is 4.05. The number of carbonyl (C=O) groups excluding carboxylic acids is 1. The van der Waals surface area contributed by atoms with E-state index < -0.39 is 5.91 Å². The molecule has 6 nitrogen and oxygen atoms in total. The average Bonchev–Trinajstić information content (AvgIpc) is 3.04. The maximum atomic E-state index is 12.3. The second-order valence-corrected chi connectivity index (χ2v) is 6.18. The van der Waals surface area contributed by atoms with E-state index in [2.05, 4.69) is 11.1 Å². The van der Waals surface area contributed by atoms with E-state index in [4.69, 9.17) is 11.5 Å². The first-order valence-corrected chi connectivity index (χ1v) is 8.37. The number of guanidine groups is 1. The predicted molar refractivity (Wildman–Crippen MR) is 106 cm³/mol. The number of rotatable bonds is 4. The van der Waals surface area contributed by atoms with Crippen molar-refractivity contribution < 1.29 is 4.79 Å². The van der Waals surface area contributed by atoms with Gasteiger partial charge >= 0.3 is 0 Å². The Labute approximate surface area is 157 Å². The smallest absolute Gasteiger partial charge is 0.268 e. The summed E-state index contributed by atoms with van der Waals surface area (Å²) in [6, 6.07) is 21.3. The van der Waals surface area contributed by atoms with Crippen LogP contribution in [0.5, 0.6) is 0 Å². The summed E-state index contributed by atoms with van der Waals surface area (Å²) in [7, 11) is 0. The third-order valence-corrected chi connectivity index (χ3v) is 4.13. The fourth-order valence-electron chi connectivity index (χ4n) is 3.01. The van der Waals surface area contributed by atoms with E-state index in [1.165, 1.54) is 0 Å². The highest BCUT2D eigenvalue weighted by Gasteiger charge is 2.15. The van der Waals surface area contributed by atoms with Gasteiger partial charge in [-0.1, -0.05) is 35.9 Å². The lowest BCUT2D eigenvalue weighted by Crippen LogP contribution is -2.25. The Morgan fingerprint density at radius 1 is 1.04 bits per heavy atom. The normalized spacial score (nSPS) is 10.2. The fourth-order valence-corrected chi connectivity index (χ4v) is 3.01. The van der Waals surface area contributed by atoms with Crippen LogP contribution in [0.4, 0.5) is 0 Å². The Morgan fingerprint density at radius 2 is 1.67 bits per heavy atom. The van der Waals surface area contributed by atoms with Gasteiger partial charge in [0.15, 0.2) is 5.96 Å². The molecule has 1 aromatic heterocycles. The van der Waals surface area contributed by atoms with Crippen LogP contribution in [0.25, 0.3) is 22.5 Å². The summed E-state index contributed by atoms with van der Waals surface area (Å²) in [4.78, 5) is 15.9. The van der Waals surface area contributed by atoms with E-state index in [9.17, 15) is 10.1 Å². The highest BCUT2D eigenvalue weighted by molar-refractivity contribution is 5.92. The van der Waals surface area contributed by atoms with Crippen molar-refractivity contribution in [3.8, 4) is 28.6 Å². The van der Waals surface area contributed by atoms with Gasteiger partial charge in [-0.2, -0.15) is 10.3 Å². The van der Waals surface area contributed by atoms with Crippen molar-refractivity contribution in [2.24, 2.45) is 16.5 Å². The van der Waals surface area contributed by atoms with Gasteiger partial charge in [-0.05, 0) is 48.4 Å². The molecule has 1 amide bonds. The Morgan fingerprint density at radius 3 is 2.26 bits per heavy atom. The molecular weight excluding hydrogens is 338 g/mol. The number of amides is 1. The van der Waals surface area contributed by atoms with Crippen LogP contribution < -0.4 is 11.5 Å². The second-order valence-electron chi connectivity index (χ2n) is 6.18. The van der Waals surface area contributed by atoms with Gasteiger partial charge in [0, 0.05) is 11.4 Å². The van der Waals surface area contributed by atoms with Gasteiger partial charge in [-0.15, -0.1) is 0 Å². The molecule has 0 radical (unpaired) electrons. The Bertz CT molecular complexity index is 1070. The minimum atomic E-state index is -0.446. The Hall–Kier alpha value is -3.85. The lowest BCUT2D eigenvalue weighted by molar-refractivity contribution is -0.118. The van der Waals surface area contributed by atoms with Crippen molar-refractivity contribution in [2.75, 3.05) is 0 Å². The molecule has 0 fully saturated rings. The lowest BCUT2D eigenvalue weighted by Gasteiger charge is -2.13. The standard InChI is InChI=1S/C21H19N5O/c1-14-4-2-6-16(10-14)18-8-9-19(17-7-3-5-15(11-17)12-22)26(18)13-20(27)25-21(23)24/h2-11H,13H2,1H3,(H4,23,24,25,27). The topological polar surface area (TPSA) is 110 Å². The maximum Gasteiger partial charge on any atom is 0.268 e. The number of aryl methyl sites for hydroxylation is 1. The van der Waals surface area contributed by atoms with Crippen LogP contribution in [0.15, 0.2) is 65.7 Å². The lowest BCUT2D eigenvalue weighted by atomic mass is 10.1. The van der Waals surface area contributed by atoms with E-state index in [1.54, 1.807) is 12.1 Å². The number of hydrogen-bond donors (Lipinski definition) is 2. The summed E-state index contributed by atoms with van der Waals surface area (Å²) in [5, 5.41) is 9.18. The average molecular weight is 357 g/mol. The molecule has 27 heavy (non-hydrogen) atoms. The van der Waals surface area contributed by atoms with Crippen LogP contribution >= 0.6 is 0 Å². The number of carbonyl (C=O) groups is 1. The van der Waals surface area contributed by atoms with E-state index in [0.717, 1.165) is 28.1 Å².